The molecule has 0 radical (unpaired) electrons. The first-order chi connectivity index (χ1) is 10.8. The van der Waals surface area contributed by atoms with Crippen molar-refractivity contribution in [2.45, 2.75) is 19.3 Å². The van der Waals surface area contributed by atoms with E-state index in [2.05, 4.69) is 20.4 Å². The van der Waals surface area contributed by atoms with E-state index in [1.54, 1.807) is 12.4 Å². The van der Waals surface area contributed by atoms with Gasteiger partial charge in [0.15, 0.2) is 0 Å². The lowest BCUT2D eigenvalue weighted by Gasteiger charge is -2.08. The molecular formula is C15H18N4O3. The number of aromatic nitrogens is 3. The van der Waals surface area contributed by atoms with Crippen molar-refractivity contribution in [1.29, 1.82) is 0 Å². The Kier molecular flexibility index (Phi) is 4.75. The van der Waals surface area contributed by atoms with Crippen molar-refractivity contribution < 1.29 is 14.1 Å². The van der Waals surface area contributed by atoms with Crippen LogP contribution in [0.1, 0.15) is 18.7 Å². The number of aryl methyl sites for hydroxylation is 1. The third-order valence-corrected chi connectivity index (χ3v) is 3.58. The molecule has 1 saturated heterocycles. The predicted octanol–water partition coefficient (Wildman–Crippen LogP) is 1.22. The summed E-state index contributed by atoms with van der Waals surface area (Å²) in [5.41, 5.74) is 0.843. The van der Waals surface area contributed by atoms with Gasteiger partial charge in [-0.3, -0.25) is 9.78 Å². The van der Waals surface area contributed by atoms with E-state index in [1.807, 2.05) is 12.1 Å². The smallest absolute Gasteiger partial charge is 0.227 e. The van der Waals surface area contributed by atoms with Gasteiger partial charge in [-0.2, -0.15) is 4.98 Å². The van der Waals surface area contributed by atoms with Crippen molar-refractivity contribution in [1.82, 2.24) is 20.4 Å². The van der Waals surface area contributed by atoms with E-state index in [9.17, 15) is 4.79 Å². The number of rotatable bonds is 6. The number of hydrogen-bond donors (Lipinski definition) is 1. The summed E-state index contributed by atoms with van der Waals surface area (Å²) in [5, 5.41) is 6.83. The zero-order chi connectivity index (χ0) is 15.2. The Bertz CT molecular complexity index is 608. The van der Waals surface area contributed by atoms with Crippen molar-refractivity contribution in [3.05, 3.63) is 30.4 Å². The third-order valence-electron chi connectivity index (χ3n) is 3.58. The van der Waals surface area contributed by atoms with E-state index in [1.165, 1.54) is 0 Å². The van der Waals surface area contributed by atoms with Gasteiger partial charge >= 0.3 is 0 Å². The van der Waals surface area contributed by atoms with E-state index < -0.39 is 0 Å². The van der Waals surface area contributed by atoms with Crippen molar-refractivity contribution in [3.8, 4) is 11.4 Å². The van der Waals surface area contributed by atoms with Crippen LogP contribution in [0.15, 0.2) is 29.0 Å². The maximum absolute atomic E-state index is 11.8. The van der Waals surface area contributed by atoms with E-state index in [0.717, 1.165) is 25.2 Å². The van der Waals surface area contributed by atoms with Gasteiger partial charge in [0.1, 0.15) is 0 Å². The van der Waals surface area contributed by atoms with Crippen LogP contribution < -0.4 is 5.32 Å². The molecule has 1 atom stereocenters. The molecule has 2 aromatic rings. The van der Waals surface area contributed by atoms with Gasteiger partial charge in [-0.1, -0.05) is 5.16 Å². The topological polar surface area (TPSA) is 90.1 Å². The lowest BCUT2D eigenvalue weighted by molar-refractivity contribution is -0.121. The fourth-order valence-electron chi connectivity index (χ4n) is 2.29. The zero-order valence-electron chi connectivity index (χ0n) is 12.2. The fourth-order valence-corrected chi connectivity index (χ4v) is 2.29. The van der Waals surface area contributed by atoms with Crippen LogP contribution in [0.2, 0.25) is 0 Å². The van der Waals surface area contributed by atoms with Crippen molar-refractivity contribution >= 4 is 5.91 Å². The number of nitrogens with zero attached hydrogens (tertiary/aromatic N) is 3. The number of ether oxygens (including phenoxy) is 1. The highest BCUT2D eigenvalue weighted by Crippen LogP contribution is 2.14. The molecule has 2 aromatic heterocycles. The summed E-state index contributed by atoms with van der Waals surface area (Å²) >= 11 is 0. The molecule has 1 N–H and O–H groups in total. The number of carbonyl (C=O) groups is 1. The molecule has 22 heavy (non-hydrogen) atoms. The minimum atomic E-state index is -0.00411. The van der Waals surface area contributed by atoms with Crippen molar-refractivity contribution in [3.63, 3.8) is 0 Å². The quantitative estimate of drug-likeness (QED) is 0.862. The molecule has 0 unspecified atom stereocenters. The van der Waals surface area contributed by atoms with Crippen LogP contribution >= 0.6 is 0 Å². The van der Waals surface area contributed by atoms with Gasteiger partial charge in [0.2, 0.25) is 17.6 Å². The van der Waals surface area contributed by atoms with Gasteiger partial charge in [-0.15, -0.1) is 0 Å². The minimum Gasteiger partial charge on any atom is -0.381 e. The largest absolute Gasteiger partial charge is 0.381 e. The van der Waals surface area contributed by atoms with E-state index in [0.29, 0.717) is 37.0 Å². The second kappa shape index (κ2) is 7.13. The maximum Gasteiger partial charge on any atom is 0.227 e. The van der Waals surface area contributed by atoms with E-state index in [-0.39, 0.29) is 5.91 Å². The summed E-state index contributed by atoms with van der Waals surface area (Å²) in [6.07, 6.45) is 5.13. The predicted molar refractivity (Wildman–Crippen MR) is 77.8 cm³/mol. The standard InChI is InChI=1S/C15H18N4O3/c20-13(17-9-11-5-8-21-10-11)1-2-14-18-15(19-22-14)12-3-6-16-7-4-12/h3-4,6-7,11H,1-2,5,8-10H2,(H,17,20)/t11-/m1/s1. The van der Waals surface area contributed by atoms with Gasteiger partial charge in [0.05, 0.1) is 6.61 Å². The van der Waals surface area contributed by atoms with Crippen molar-refractivity contribution in [2.24, 2.45) is 5.92 Å². The van der Waals surface area contributed by atoms with Crippen LogP contribution in [0.3, 0.4) is 0 Å². The average Bonchev–Trinajstić information content (AvgIpc) is 3.23. The van der Waals surface area contributed by atoms with E-state index >= 15 is 0 Å². The number of nitrogens with one attached hydrogen (secondary N) is 1. The molecule has 0 spiro atoms. The highest BCUT2D eigenvalue weighted by atomic mass is 16.5. The summed E-state index contributed by atoms with van der Waals surface area (Å²) in [4.78, 5) is 20.0. The summed E-state index contributed by atoms with van der Waals surface area (Å²) in [5.74, 6) is 1.41. The van der Waals surface area contributed by atoms with E-state index in [4.69, 9.17) is 9.26 Å². The van der Waals surface area contributed by atoms with Crippen LogP contribution in [-0.2, 0) is 16.0 Å². The zero-order valence-corrected chi connectivity index (χ0v) is 12.2. The highest BCUT2D eigenvalue weighted by Gasteiger charge is 2.16. The van der Waals surface area contributed by atoms with Crippen LogP contribution in [0, 0.1) is 5.92 Å². The van der Waals surface area contributed by atoms with Crippen LogP contribution in [-0.4, -0.2) is 40.8 Å². The maximum atomic E-state index is 11.8. The first kappa shape index (κ1) is 14.6. The molecule has 116 valence electrons. The normalized spacial score (nSPS) is 17.5. The lowest BCUT2D eigenvalue weighted by atomic mass is 10.1. The summed E-state index contributed by atoms with van der Waals surface area (Å²) in [6.45, 7) is 2.20. The molecule has 1 aliphatic heterocycles. The van der Waals surface area contributed by atoms with Gasteiger partial charge in [-0.05, 0) is 18.6 Å². The van der Waals surface area contributed by atoms with Crippen LogP contribution in [0.4, 0.5) is 0 Å². The fraction of sp³-hybridized carbons (Fsp3) is 0.467. The molecule has 7 heteroatoms. The number of hydrogen-bond acceptors (Lipinski definition) is 6. The number of pyridine rings is 1. The van der Waals surface area contributed by atoms with Gasteiger partial charge in [0, 0.05) is 49.9 Å². The number of carbonyl (C=O) groups excluding carboxylic acids is 1. The van der Waals surface area contributed by atoms with Gasteiger partial charge < -0.3 is 14.6 Å². The van der Waals surface area contributed by atoms with Crippen molar-refractivity contribution in [2.75, 3.05) is 19.8 Å². The molecule has 0 aromatic carbocycles. The first-order valence-electron chi connectivity index (χ1n) is 7.38. The molecule has 0 saturated carbocycles. The molecule has 0 aliphatic carbocycles. The Balaban J connectivity index is 1.45. The summed E-state index contributed by atoms with van der Waals surface area (Å²) in [6, 6.07) is 3.62. The molecule has 1 aliphatic rings. The Hall–Kier alpha value is -2.28. The second-order valence-electron chi connectivity index (χ2n) is 5.28. The Morgan fingerprint density at radius 1 is 1.36 bits per heavy atom. The molecular weight excluding hydrogens is 284 g/mol. The monoisotopic (exact) mass is 302 g/mol. The molecule has 1 amide bonds. The second-order valence-corrected chi connectivity index (χ2v) is 5.28. The Labute approximate surface area is 128 Å². The van der Waals surface area contributed by atoms with Crippen LogP contribution in [0.5, 0.6) is 0 Å². The highest BCUT2D eigenvalue weighted by molar-refractivity contribution is 5.76. The summed E-state index contributed by atoms with van der Waals surface area (Å²) < 4.78 is 10.4. The van der Waals surface area contributed by atoms with Gasteiger partial charge in [-0.25, -0.2) is 0 Å². The molecule has 1 fully saturated rings. The first-order valence-corrected chi connectivity index (χ1v) is 7.38. The third kappa shape index (κ3) is 3.88. The Morgan fingerprint density at radius 2 is 2.23 bits per heavy atom. The average molecular weight is 302 g/mol. The Morgan fingerprint density at radius 3 is 3.00 bits per heavy atom. The molecule has 0 bridgehead atoms. The SMILES string of the molecule is O=C(CCc1nc(-c2ccncc2)no1)NC[C@H]1CCOC1. The van der Waals surface area contributed by atoms with Crippen LogP contribution in [0.25, 0.3) is 11.4 Å². The summed E-state index contributed by atoms with van der Waals surface area (Å²) in [7, 11) is 0. The molecule has 3 heterocycles. The van der Waals surface area contributed by atoms with Gasteiger partial charge in [0.25, 0.3) is 0 Å². The minimum absolute atomic E-state index is 0.00411. The number of amides is 1. The lowest BCUT2D eigenvalue weighted by Crippen LogP contribution is -2.29. The molecule has 3 rings (SSSR count). The molecule has 7 nitrogen and oxygen atoms in total.